The highest BCUT2D eigenvalue weighted by Gasteiger charge is 2.46. The van der Waals surface area contributed by atoms with Crippen LogP contribution in [0.2, 0.25) is 0 Å². The highest BCUT2D eigenvalue weighted by atomic mass is 16.6. The van der Waals surface area contributed by atoms with E-state index in [1.807, 2.05) is 30.5 Å². The summed E-state index contributed by atoms with van der Waals surface area (Å²) in [6, 6.07) is 14.8. The third-order valence-corrected chi connectivity index (χ3v) is 5.81. The number of rotatable bonds is 9. The number of nitrogens with one attached hydrogen (secondary N) is 2. The maximum atomic E-state index is 13.4. The van der Waals surface area contributed by atoms with E-state index < -0.39 is 24.0 Å². The van der Waals surface area contributed by atoms with Crippen LogP contribution in [0.4, 0.5) is 0 Å². The van der Waals surface area contributed by atoms with Crippen molar-refractivity contribution in [2.75, 3.05) is 19.8 Å². The van der Waals surface area contributed by atoms with Gasteiger partial charge in [0.2, 0.25) is 0 Å². The lowest BCUT2D eigenvalue weighted by Gasteiger charge is -2.31. The van der Waals surface area contributed by atoms with E-state index in [1.54, 1.807) is 38.1 Å². The standard InChI is InChI=1S/C27H28N2O6/c1-3-33-26(31)23(27(32)34-4-2)25-20(24(30)19-10-6-8-12-22(19)35-25)16-28-14-13-17-15-29-21-11-7-5-9-18(17)21/h5-12,15-16,23,25,28-29H,3-4,13-14H2,1-2H3/b20-16+. The second kappa shape index (κ2) is 10.9. The maximum Gasteiger partial charge on any atom is 0.324 e. The third-order valence-electron chi connectivity index (χ3n) is 5.81. The van der Waals surface area contributed by atoms with Crippen molar-refractivity contribution in [1.82, 2.24) is 10.3 Å². The molecular formula is C27H28N2O6. The summed E-state index contributed by atoms with van der Waals surface area (Å²) in [4.78, 5) is 42.2. The number of carbonyl (C=O) groups is 3. The first kappa shape index (κ1) is 24.1. The molecule has 0 saturated carbocycles. The topological polar surface area (TPSA) is 107 Å². The molecule has 0 aliphatic carbocycles. The summed E-state index contributed by atoms with van der Waals surface area (Å²) in [5.74, 6) is -3.05. The zero-order valence-corrected chi connectivity index (χ0v) is 19.7. The van der Waals surface area contributed by atoms with Crippen LogP contribution in [0.25, 0.3) is 10.9 Å². The highest BCUT2D eigenvalue weighted by Crippen LogP contribution is 2.34. The molecule has 0 amide bonds. The van der Waals surface area contributed by atoms with Gasteiger partial charge >= 0.3 is 11.9 Å². The van der Waals surface area contributed by atoms with Crippen LogP contribution in [0.5, 0.6) is 5.75 Å². The van der Waals surface area contributed by atoms with Crippen LogP contribution in [0.3, 0.4) is 0 Å². The average molecular weight is 477 g/mol. The fourth-order valence-electron chi connectivity index (χ4n) is 4.17. The minimum atomic E-state index is -1.44. The number of aromatic nitrogens is 1. The molecule has 1 aliphatic heterocycles. The Labute approximate surface area is 203 Å². The Kier molecular flexibility index (Phi) is 7.50. The Morgan fingerprint density at radius 1 is 1.06 bits per heavy atom. The molecule has 8 nitrogen and oxygen atoms in total. The van der Waals surface area contributed by atoms with Gasteiger partial charge in [-0.2, -0.15) is 0 Å². The van der Waals surface area contributed by atoms with Crippen molar-refractivity contribution < 1.29 is 28.6 Å². The number of benzene rings is 2. The summed E-state index contributed by atoms with van der Waals surface area (Å²) >= 11 is 0. The van der Waals surface area contributed by atoms with E-state index in [1.165, 1.54) is 6.20 Å². The number of ether oxygens (including phenoxy) is 3. The van der Waals surface area contributed by atoms with Crippen LogP contribution >= 0.6 is 0 Å². The van der Waals surface area contributed by atoms with Crippen molar-refractivity contribution in [2.45, 2.75) is 26.4 Å². The van der Waals surface area contributed by atoms with Crippen LogP contribution in [0.15, 0.2) is 66.5 Å². The number of aromatic amines is 1. The number of H-pyrrole nitrogens is 1. The molecular weight excluding hydrogens is 448 g/mol. The van der Waals surface area contributed by atoms with E-state index in [0.29, 0.717) is 24.3 Å². The van der Waals surface area contributed by atoms with E-state index in [0.717, 1.165) is 16.5 Å². The van der Waals surface area contributed by atoms with Gasteiger partial charge in [0.1, 0.15) is 5.75 Å². The van der Waals surface area contributed by atoms with Crippen molar-refractivity contribution in [2.24, 2.45) is 5.92 Å². The van der Waals surface area contributed by atoms with Crippen LogP contribution in [0.1, 0.15) is 29.8 Å². The predicted octanol–water partition coefficient (Wildman–Crippen LogP) is 3.57. The molecule has 1 atom stereocenters. The van der Waals surface area contributed by atoms with Gasteiger partial charge < -0.3 is 24.5 Å². The number of para-hydroxylation sites is 2. The van der Waals surface area contributed by atoms with E-state index >= 15 is 0 Å². The first-order chi connectivity index (χ1) is 17.0. The van der Waals surface area contributed by atoms with Gasteiger partial charge in [-0.05, 0) is 44.0 Å². The Balaban J connectivity index is 1.61. The summed E-state index contributed by atoms with van der Waals surface area (Å²) in [5.41, 5.74) is 2.71. The van der Waals surface area contributed by atoms with Gasteiger partial charge in [-0.3, -0.25) is 14.4 Å². The van der Waals surface area contributed by atoms with Crippen molar-refractivity contribution >= 4 is 28.6 Å². The fourth-order valence-corrected chi connectivity index (χ4v) is 4.17. The number of ketones is 1. The minimum absolute atomic E-state index is 0.0773. The van der Waals surface area contributed by atoms with Gasteiger partial charge in [0, 0.05) is 29.8 Å². The molecule has 0 saturated heterocycles. The molecule has 2 N–H and O–H groups in total. The Morgan fingerprint density at radius 2 is 1.74 bits per heavy atom. The van der Waals surface area contributed by atoms with E-state index in [2.05, 4.69) is 10.3 Å². The molecule has 0 bridgehead atoms. The lowest BCUT2D eigenvalue weighted by atomic mass is 9.88. The van der Waals surface area contributed by atoms with Crippen molar-refractivity contribution in [1.29, 1.82) is 0 Å². The average Bonchev–Trinajstić information content (AvgIpc) is 3.27. The quantitative estimate of drug-likeness (QED) is 0.210. The molecule has 1 aromatic heterocycles. The van der Waals surface area contributed by atoms with Crippen LogP contribution in [-0.4, -0.2) is 48.6 Å². The zero-order chi connectivity index (χ0) is 24.8. The highest BCUT2D eigenvalue weighted by molar-refractivity contribution is 6.13. The van der Waals surface area contributed by atoms with E-state index in [9.17, 15) is 14.4 Å². The molecule has 3 aromatic rings. The van der Waals surface area contributed by atoms with Crippen molar-refractivity contribution in [3.8, 4) is 5.75 Å². The second-order valence-electron chi connectivity index (χ2n) is 8.01. The normalized spacial score (nSPS) is 16.1. The monoisotopic (exact) mass is 476 g/mol. The Hall–Kier alpha value is -4.07. The molecule has 0 fully saturated rings. The van der Waals surface area contributed by atoms with Gasteiger partial charge in [0.05, 0.1) is 24.4 Å². The van der Waals surface area contributed by atoms with Gasteiger partial charge in [-0.1, -0.05) is 30.3 Å². The van der Waals surface area contributed by atoms with Crippen LogP contribution in [0, 0.1) is 5.92 Å². The molecule has 0 spiro atoms. The SMILES string of the molecule is CCOC(=O)C(C(=O)OCC)C1Oc2ccccc2C(=O)/C1=C\NCCc1c[nH]c2ccccc12. The van der Waals surface area contributed by atoms with Gasteiger partial charge in [0.15, 0.2) is 17.8 Å². The minimum Gasteiger partial charge on any atom is -0.483 e. The number of Topliss-reactive ketones (excluding diaryl/α,β-unsaturated/α-hetero) is 1. The second-order valence-corrected chi connectivity index (χ2v) is 8.01. The molecule has 2 heterocycles. The smallest absolute Gasteiger partial charge is 0.324 e. The summed E-state index contributed by atoms with van der Waals surface area (Å²) in [7, 11) is 0. The van der Waals surface area contributed by atoms with Crippen molar-refractivity contribution in [3.63, 3.8) is 0 Å². The molecule has 182 valence electrons. The summed E-state index contributed by atoms with van der Waals surface area (Å²) in [6.07, 6.45) is 3.01. The fraction of sp³-hybridized carbons (Fsp3) is 0.296. The maximum absolute atomic E-state index is 13.4. The third kappa shape index (κ3) is 5.06. The van der Waals surface area contributed by atoms with Crippen LogP contribution < -0.4 is 10.1 Å². The molecule has 35 heavy (non-hydrogen) atoms. The number of fused-ring (bicyclic) bond motifs is 2. The molecule has 0 radical (unpaired) electrons. The molecule has 8 heteroatoms. The summed E-state index contributed by atoms with van der Waals surface area (Å²) < 4.78 is 16.3. The Bertz CT molecular complexity index is 1240. The Morgan fingerprint density at radius 3 is 2.49 bits per heavy atom. The van der Waals surface area contributed by atoms with Gasteiger partial charge in [-0.15, -0.1) is 0 Å². The number of esters is 2. The summed E-state index contributed by atoms with van der Waals surface area (Å²) in [5, 5.41) is 4.30. The first-order valence-electron chi connectivity index (χ1n) is 11.7. The zero-order valence-electron chi connectivity index (χ0n) is 19.7. The number of hydrogen-bond acceptors (Lipinski definition) is 7. The largest absolute Gasteiger partial charge is 0.483 e. The molecule has 2 aromatic carbocycles. The predicted molar refractivity (Wildman–Crippen MR) is 130 cm³/mol. The van der Waals surface area contributed by atoms with E-state index in [-0.39, 0.29) is 24.6 Å². The lowest BCUT2D eigenvalue weighted by Crippen LogP contribution is -2.46. The molecule has 1 unspecified atom stereocenters. The van der Waals surface area contributed by atoms with E-state index in [4.69, 9.17) is 14.2 Å². The summed E-state index contributed by atoms with van der Waals surface area (Å²) in [6.45, 7) is 3.97. The molecule has 4 rings (SSSR count). The first-order valence-corrected chi connectivity index (χ1v) is 11.7. The number of carbonyl (C=O) groups excluding carboxylic acids is 3. The van der Waals surface area contributed by atoms with Gasteiger partial charge in [-0.25, -0.2) is 0 Å². The van der Waals surface area contributed by atoms with Crippen LogP contribution in [-0.2, 0) is 25.5 Å². The molecule has 1 aliphatic rings. The van der Waals surface area contributed by atoms with Crippen molar-refractivity contribution in [3.05, 3.63) is 77.6 Å². The van der Waals surface area contributed by atoms with Gasteiger partial charge in [0.25, 0.3) is 0 Å². The number of hydrogen-bond donors (Lipinski definition) is 2. The lowest BCUT2D eigenvalue weighted by molar-refractivity contribution is -0.165.